The summed E-state index contributed by atoms with van der Waals surface area (Å²) >= 11 is 0. The van der Waals surface area contributed by atoms with Crippen molar-refractivity contribution in [3.8, 4) is 0 Å². The van der Waals surface area contributed by atoms with Gasteiger partial charge in [0.1, 0.15) is 12.1 Å². The van der Waals surface area contributed by atoms with Gasteiger partial charge in [0.15, 0.2) is 0 Å². The van der Waals surface area contributed by atoms with Gasteiger partial charge in [-0.05, 0) is 19.9 Å². The molecule has 1 aliphatic rings. The summed E-state index contributed by atoms with van der Waals surface area (Å²) in [5.74, 6) is 0.167. The van der Waals surface area contributed by atoms with E-state index in [9.17, 15) is 13.2 Å². The van der Waals surface area contributed by atoms with E-state index in [2.05, 4.69) is 11.6 Å². The summed E-state index contributed by atoms with van der Waals surface area (Å²) in [7, 11) is 0. The lowest BCUT2D eigenvalue weighted by atomic mass is 10.0. The maximum Gasteiger partial charge on any atom is 0.416 e. The monoisotopic (exact) mass is 304 g/mol. The number of halogens is 3. The average Bonchev–Trinajstić information content (AvgIpc) is 2.67. The molecule has 0 aromatic carbocycles. The summed E-state index contributed by atoms with van der Waals surface area (Å²) < 4.78 is 48.4. The lowest BCUT2D eigenvalue weighted by Crippen LogP contribution is -2.25. The van der Waals surface area contributed by atoms with E-state index in [4.69, 9.17) is 15.2 Å². The highest BCUT2D eigenvalue weighted by Crippen LogP contribution is 2.28. The van der Waals surface area contributed by atoms with E-state index in [0.717, 1.165) is 18.2 Å². The molecule has 2 N–H and O–H groups in total. The van der Waals surface area contributed by atoms with Gasteiger partial charge in [-0.15, -0.1) is 0 Å². The molecule has 0 spiro atoms. The van der Waals surface area contributed by atoms with Crippen LogP contribution >= 0.6 is 0 Å². The summed E-state index contributed by atoms with van der Waals surface area (Å²) in [4.78, 5) is 4.11. The Morgan fingerprint density at radius 2 is 2.24 bits per heavy atom. The van der Waals surface area contributed by atoms with Crippen molar-refractivity contribution in [1.82, 2.24) is 0 Å². The zero-order valence-corrected chi connectivity index (χ0v) is 12.0. The maximum atomic E-state index is 12.7. The molecule has 0 amide bonds. The lowest BCUT2D eigenvalue weighted by Gasteiger charge is -2.18. The molecule has 0 aromatic heterocycles. The largest absolute Gasteiger partial charge is 0.498 e. The minimum atomic E-state index is -4.44. The van der Waals surface area contributed by atoms with Crippen LogP contribution in [-0.2, 0) is 9.47 Å². The van der Waals surface area contributed by atoms with Crippen LogP contribution < -0.4 is 5.73 Å². The molecule has 0 saturated heterocycles. The molecule has 4 nitrogen and oxygen atoms in total. The van der Waals surface area contributed by atoms with Crippen molar-refractivity contribution in [3.05, 3.63) is 36.1 Å². The van der Waals surface area contributed by atoms with Gasteiger partial charge in [-0.1, -0.05) is 18.7 Å². The summed E-state index contributed by atoms with van der Waals surface area (Å²) in [5.41, 5.74) is 4.12. The Balaban J connectivity index is 2.57. The van der Waals surface area contributed by atoms with Gasteiger partial charge in [0.2, 0.25) is 0 Å². The number of nitrogens with zero attached hydrogens (tertiary/aromatic N) is 1. The average molecular weight is 304 g/mol. The van der Waals surface area contributed by atoms with E-state index in [1.54, 1.807) is 0 Å². The molecule has 0 fully saturated rings. The van der Waals surface area contributed by atoms with Gasteiger partial charge in [0, 0.05) is 6.42 Å². The normalized spacial score (nSPS) is 23.6. The second kappa shape index (κ2) is 6.69. The minimum Gasteiger partial charge on any atom is -0.498 e. The molecule has 0 aliphatic carbocycles. The second-order valence-corrected chi connectivity index (χ2v) is 4.94. The first-order valence-electron chi connectivity index (χ1n) is 6.35. The van der Waals surface area contributed by atoms with Crippen molar-refractivity contribution in [3.63, 3.8) is 0 Å². The maximum absolute atomic E-state index is 12.7. The Hall–Kier alpha value is -1.92. The summed E-state index contributed by atoms with van der Waals surface area (Å²) in [6.07, 6.45) is -1.04. The van der Waals surface area contributed by atoms with E-state index >= 15 is 0 Å². The highest BCUT2D eigenvalue weighted by atomic mass is 19.4. The van der Waals surface area contributed by atoms with Crippen molar-refractivity contribution in [2.24, 2.45) is 10.7 Å². The number of nitrogens with two attached hydrogens (primary N) is 1. The Kier molecular flexibility index (Phi) is 5.46. The number of ether oxygens (including phenoxy) is 2. The fourth-order valence-electron chi connectivity index (χ4n) is 1.73. The molecule has 0 radical (unpaired) electrons. The number of hydrogen-bond acceptors (Lipinski definition) is 4. The number of aliphatic imine (C=N–C) groups is 1. The van der Waals surface area contributed by atoms with Crippen molar-refractivity contribution in [2.75, 3.05) is 13.2 Å². The van der Waals surface area contributed by atoms with Gasteiger partial charge in [-0.3, -0.25) is 0 Å². The van der Waals surface area contributed by atoms with E-state index in [0.29, 0.717) is 13.0 Å². The first-order valence-corrected chi connectivity index (χ1v) is 6.35. The van der Waals surface area contributed by atoms with E-state index < -0.39 is 17.3 Å². The van der Waals surface area contributed by atoms with Crippen molar-refractivity contribution < 1.29 is 22.6 Å². The molecule has 118 valence electrons. The predicted octanol–water partition coefficient (Wildman–Crippen LogP) is 3.08. The van der Waals surface area contributed by atoms with Gasteiger partial charge in [0.25, 0.3) is 6.02 Å². The zero-order chi connectivity index (χ0) is 16.1. The van der Waals surface area contributed by atoms with Crippen LogP contribution in [0.1, 0.15) is 20.3 Å². The van der Waals surface area contributed by atoms with Gasteiger partial charge < -0.3 is 15.2 Å². The minimum absolute atomic E-state index is 0.123. The van der Waals surface area contributed by atoms with Gasteiger partial charge in [-0.25, -0.2) is 4.99 Å². The highest BCUT2D eigenvalue weighted by Gasteiger charge is 2.32. The molecule has 21 heavy (non-hydrogen) atoms. The molecule has 1 rings (SSSR count). The Morgan fingerprint density at radius 3 is 2.71 bits per heavy atom. The Bertz CT molecular complexity index is 481. The van der Waals surface area contributed by atoms with Crippen LogP contribution in [0.2, 0.25) is 0 Å². The molecular weight excluding hydrogens is 285 g/mol. The number of rotatable bonds is 6. The molecule has 0 aromatic rings. The molecule has 1 atom stereocenters. The standard InChI is InChI=1S/C14H19F3N2O2/c1-4-5-11(14(15,16)17)8-10(2)20-7-6-13(3)9-21-12(18)19-13/h4-5,8H,1,6-7,9H2,2-3H3,(H2,18,19). The molecule has 0 saturated carbocycles. The molecule has 7 heteroatoms. The van der Waals surface area contributed by atoms with Crippen LogP contribution in [0, 0.1) is 0 Å². The SMILES string of the molecule is C=CC=C(C=C(C)OCCC1(C)COC(N)=N1)C(F)(F)F. The highest BCUT2D eigenvalue weighted by molar-refractivity contribution is 5.73. The van der Waals surface area contributed by atoms with Crippen LogP contribution in [0.4, 0.5) is 13.2 Å². The number of hydrogen-bond donors (Lipinski definition) is 1. The Morgan fingerprint density at radius 1 is 1.57 bits per heavy atom. The third-order valence-electron chi connectivity index (χ3n) is 2.86. The van der Waals surface area contributed by atoms with Crippen molar-refractivity contribution >= 4 is 6.02 Å². The third-order valence-corrected chi connectivity index (χ3v) is 2.86. The van der Waals surface area contributed by atoms with Crippen LogP contribution in [0.15, 0.2) is 41.1 Å². The number of allylic oxidation sites excluding steroid dienone is 5. The Labute approximate surface area is 121 Å². The van der Waals surface area contributed by atoms with Gasteiger partial charge in [0.05, 0.1) is 17.9 Å². The molecule has 1 heterocycles. The summed E-state index contributed by atoms with van der Waals surface area (Å²) in [5, 5.41) is 0. The van der Waals surface area contributed by atoms with Crippen molar-refractivity contribution in [1.29, 1.82) is 0 Å². The first kappa shape index (κ1) is 17.1. The van der Waals surface area contributed by atoms with Crippen LogP contribution in [0.3, 0.4) is 0 Å². The van der Waals surface area contributed by atoms with Crippen LogP contribution in [0.25, 0.3) is 0 Å². The molecular formula is C14H19F3N2O2. The summed E-state index contributed by atoms with van der Waals surface area (Å²) in [6.45, 7) is 7.14. The zero-order valence-electron chi connectivity index (χ0n) is 12.0. The van der Waals surface area contributed by atoms with E-state index in [1.165, 1.54) is 6.92 Å². The van der Waals surface area contributed by atoms with Gasteiger partial charge in [-0.2, -0.15) is 13.2 Å². The lowest BCUT2D eigenvalue weighted by molar-refractivity contribution is -0.0885. The van der Waals surface area contributed by atoms with Gasteiger partial charge >= 0.3 is 6.18 Å². The quantitative estimate of drug-likeness (QED) is 0.606. The van der Waals surface area contributed by atoms with E-state index in [1.807, 2.05) is 6.92 Å². The molecule has 0 bridgehead atoms. The smallest absolute Gasteiger partial charge is 0.416 e. The van der Waals surface area contributed by atoms with Crippen LogP contribution in [0.5, 0.6) is 0 Å². The molecule has 1 aliphatic heterocycles. The number of amidine groups is 1. The molecule has 1 unspecified atom stereocenters. The van der Waals surface area contributed by atoms with Crippen molar-refractivity contribution in [2.45, 2.75) is 32.0 Å². The second-order valence-electron chi connectivity index (χ2n) is 4.94. The topological polar surface area (TPSA) is 56.8 Å². The third kappa shape index (κ3) is 5.53. The predicted molar refractivity (Wildman–Crippen MR) is 74.6 cm³/mol. The first-order chi connectivity index (χ1) is 9.66. The fraction of sp³-hybridized carbons (Fsp3) is 0.500. The van der Waals surface area contributed by atoms with Crippen LogP contribution in [-0.4, -0.2) is 31.0 Å². The number of alkyl halides is 3. The van der Waals surface area contributed by atoms with E-state index in [-0.39, 0.29) is 18.4 Å². The fourth-order valence-corrected chi connectivity index (χ4v) is 1.73. The summed E-state index contributed by atoms with van der Waals surface area (Å²) in [6, 6.07) is 0.123.